The van der Waals surface area contributed by atoms with Crippen LogP contribution in [-0.4, -0.2) is 48.7 Å². The maximum atomic E-state index is 13.0. The standard InChI is InChI=1S/C23H30N4O4S/c1-16-7-5-9-20(24-16)25-21(28)18-8-6-14-27(15-18)22(29)17-10-12-19(13-11-17)32(30,31)26-23(2,3)4/h5,7,9-13,18,26H,6,8,14-15H2,1-4H3,(H,24,25,28). The molecule has 2 N–H and O–H groups in total. The fraction of sp³-hybridized carbons (Fsp3) is 0.435. The van der Waals surface area contributed by atoms with Crippen LogP contribution in [-0.2, 0) is 14.8 Å². The van der Waals surface area contributed by atoms with Gasteiger partial charge >= 0.3 is 0 Å². The normalized spacial score (nSPS) is 17.1. The van der Waals surface area contributed by atoms with Crippen molar-refractivity contribution in [2.45, 2.75) is 51.0 Å². The molecular weight excluding hydrogens is 428 g/mol. The number of anilines is 1. The number of rotatable bonds is 5. The second-order valence-electron chi connectivity index (χ2n) is 9.12. The number of benzene rings is 1. The molecule has 9 heteroatoms. The summed E-state index contributed by atoms with van der Waals surface area (Å²) in [5.41, 5.74) is 0.595. The topological polar surface area (TPSA) is 108 Å². The van der Waals surface area contributed by atoms with Crippen LogP contribution in [0.4, 0.5) is 5.82 Å². The van der Waals surface area contributed by atoms with Crippen LogP contribution in [0.1, 0.15) is 49.7 Å². The summed E-state index contributed by atoms with van der Waals surface area (Å²) >= 11 is 0. The maximum Gasteiger partial charge on any atom is 0.253 e. The zero-order valence-electron chi connectivity index (χ0n) is 18.9. The minimum absolute atomic E-state index is 0.102. The van der Waals surface area contributed by atoms with E-state index in [0.717, 1.165) is 5.69 Å². The van der Waals surface area contributed by atoms with Gasteiger partial charge in [-0.2, -0.15) is 0 Å². The van der Waals surface area contributed by atoms with Crippen molar-refractivity contribution in [2.24, 2.45) is 5.92 Å². The van der Waals surface area contributed by atoms with Gasteiger partial charge in [0.25, 0.3) is 5.91 Å². The molecule has 1 aromatic carbocycles. The Balaban J connectivity index is 1.66. The predicted octanol–water partition coefficient (Wildman–Crippen LogP) is 2.96. The SMILES string of the molecule is Cc1cccc(NC(=O)C2CCCN(C(=O)c3ccc(S(=O)(=O)NC(C)(C)C)cc3)C2)n1. The molecule has 1 aromatic heterocycles. The molecule has 3 rings (SSSR count). The van der Waals surface area contributed by atoms with Crippen LogP contribution < -0.4 is 10.0 Å². The van der Waals surface area contributed by atoms with Gasteiger partial charge in [-0.05, 0) is 76.9 Å². The van der Waals surface area contributed by atoms with Crippen LogP contribution >= 0.6 is 0 Å². The molecule has 1 aliphatic heterocycles. The van der Waals surface area contributed by atoms with Crippen LogP contribution in [0, 0.1) is 12.8 Å². The van der Waals surface area contributed by atoms with E-state index in [1.54, 1.807) is 31.7 Å². The first-order valence-electron chi connectivity index (χ1n) is 10.6. The first kappa shape index (κ1) is 23.9. The highest BCUT2D eigenvalue weighted by molar-refractivity contribution is 7.89. The van der Waals surface area contributed by atoms with Crippen molar-refractivity contribution in [3.63, 3.8) is 0 Å². The van der Waals surface area contributed by atoms with E-state index in [1.165, 1.54) is 24.3 Å². The van der Waals surface area contributed by atoms with E-state index in [2.05, 4.69) is 15.0 Å². The van der Waals surface area contributed by atoms with Crippen molar-refractivity contribution in [3.8, 4) is 0 Å². The monoisotopic (exact) mass is 458 g/mol. The first-order chi connectivity index (χ1) is 14.9. The molecule has 2 aromatic rings. The van der Waals surface area contributed by atoms with Gasteiger partial charge < -0.3 is 10.2 Å². The van der Waals surface area contributed by atoms with Crippen LogP contribution in [0.2, 0.25) is 0 Å². The van der Waals surface area contributed by atoms with Crippen molar-refractivity contribution in [1.82, 2.24) is 14.6 Å². The molecule has 0 saturated carbocycles. The number of hydrogen-bond acceptors (Lipinski definition) is 5. The Hall–Kier alpha value is -2.78. The summed E-state index contributed by atoms with van der Waals surface area (Å²) in [7, 11) is -3.67. The number of nitrogens with one attached hydrogen (secondary N) is 2. The number of amides is 2. The van der Waals surface area contributed by atoms with Crippen LogP contribution in [0.15, 0.2) is 47.4 Å². The third-order valence-corrected chi connectivity index (χ3v) is 6.84. The second kappa shape index (κ2) is 9.38. The Labute approximate surface area is 189 Å². The first-order valence-corrected chi connectivity index (χ1v) is 12.1. The molecule has 1 fully saturated rings. The minimum atomic E-state index is -3.67. The molecule has 1 atom stereocenters. The van der Waals surface area contributed by atoms with Crippen LogP contribution in [0.5, 0.6) is 0 Å². The number of aryl methyl sites for hydroxylation is 1. The molecular formula is C23H30N4O4S. The average molecular weight is 459 g/mol. The van der Waals surface area contributed by atoms with E-state index in [0.29, 0.717) is 37.3 Å². The molecule has 0 aliphatic carbocycles. The zero-order valence-corrected chi connectivity index (χ0v) is 19.7. The number of pyridine rings is 1. The van der Waals surface area contributed by atoms with Gasteiger partial charge in [0.15, 0.2) is 0 Å². The Morgan fingerprint density at radius 3 is 2.41 bits per heavy atom. The summed E-state index contributed by atoms with van der Waals surface area (Å²) < 4.78 is 27.5. The third kappa shape index (κ3) is 6.14. The van der Waals surface area contributed by atoms with Crippen molar-refractivity contribution < 1.29 is 18.0 Å². The van der Waals surface area contributed by atoms with Crippen molar-refractivity contribution in [2.75, 3.05) is 18.4 Å². The van der Waals surface area contributed by atoms with Gasteiger partial charge in [-0.1, -0.05) is 6.07 Å². The van der Waals surface area contributed by atoms with Gasteiger partial charge in [0.2, 0.25) is 15.9 Å². The molecule has 1 aliphatic rings. The predicted molar refractivity (Wildman–Crippen MR) is 123 cm³/mol. The lowest BCUT2D eigenvalue weighted by Gasteiger charge is -2.32. The van der Waals surface area contributed by atoms with Gasteiger partial charge in [-0.15, -0.1) is 0 Å². The molecule has 172 valence electrons. The van der Waals surface area contributed by atoms with Crippen molar-refractivity contribution >= 4 is 27.7 Å². The summed E-state index contributed by atoms with van der Waals surface area (Å²) in [5, 5.41) is 2.83. The fourth-order valence-electron chi connectivity index (χ4n) is 3.64. The highest BCUT2D eigenvalue weighted by Gasteiger charge is 2.29. The number of nitrogens with zero attached hydrogens (tertiary/aromatic N) is 2. The fourth-order valence-corrected chi connectivity index (χ4v) is 5.06. The quantitative estimate of drug-likeness (QED) is 0.716. The Morgan fingerprint density at radius 2 is 1.78 bits per heavy atom. The molecule has 1 unspecified atom stereocenters. The minimum Gasteiger partial charge on any atom is -0.338 e. The van der Waals surface area contributed by atoms with E-state index in [4.69, 9.17) is 0 Å². The number of aromatic nitrogens is 1. The van der Waals surface area contributed by atoms with E-state index < -0.39 is 15.6 Å². The molecule has 0 spiro atoms. The Bertz CT molecular complexity index is 1090. The van der Waals surface area contributed by atoms with Gasteiger partial charge in [0.1, 0.15) is 5.82 Å². The van der Waals surface area contributed by atoms with Crippen LogP contribution in [0.25, 0.3) is 0 Å². The lowest BCUT2D eigenvalue weighted by atomic mass is 9.96. The number of hydrogen-bond donors (Lipinski definition) is 2. The van der Waals surface area contributed by atoms with Gasteiger partial charge in [0.05, 0.1) is 10.8 Å². The van der Waals surface area contributed by atoms with Crippen LogP contribution in [0.3, 0.4) is 0 Å². The van der Waals surface area contributed by atoms with E-state index in [1.807, 2.05) is 19.1 Å². The number of likely N-dealkylation sites (tertiary alicyclic amines) is 1. The summed E-state index contributed by atoms with van der Waals surface area (Å²) in [6.07, 6.45) is 1.41. The average Bonchev–Trinajstić information content (AvgIpc) is 2.72. The number of carbonyl (C=O) groups is 2. The molecule has 0 radical (unpaired) electrons. The molecule has 2 amide bonds. The van der Waals surface area contributed by atoms with Gasteiger partial charge in [0, 0.05) is 29.9 Å². The third-order valence-electron chi connectivity index (χ3n) is 5.07. The highest BCUT2D eigenvalue weighted by Crippen LogP contribution is 2.21. The number of piperidine rings is 1. The Kier molecular flexibility index (Phi) is 7.00. The van der Waals surface area contributed by atoms with Gasteiger partial charge in [-0.25, -0.2) is 18.1 Å². The second-order valence-corrected chi connectivity index (χ2v) is 10.8. The molecule has 1 saturated heterocycles. The maximum absolute atomic E-state index is 13.0. The molecule has 32 heavy (non-hydrogen) atoms. The smallest absolute Gasteiger partial charge is 0.253 e. The lowest BCUT2D eigenvalue weighted by molar-refractivity contribution is -0.121. The van der Waals surface area contributed by atoms with Gasteiger partial charge in [-0.3, -0.25) is 9.59 Å². The van der Waals surface area contributed by atoms with Crippen molar-refractivity contribution in [1.29, 1.82) is 0 Å². The zero-order chi connectivity index (χ0) is 23.5. The number of sulfonamides is 1. The van der Waals surface area contributed by atoms with E-state index in [-0.39, 0.29) is 22.6 Å². The lowest BCUT2D eigenvalue weighted by Crippen LogP contribution is -2.43. The summed E-state index contributed by atoms with van der Waals surface area (Å²) in [4.78, 5) is 31.7. The molecule has 0 bridgehead atoms. The largest absolute Gasteiger partial charge is 0.338 e. The number of carbonyl (C=O) groups excluding carboxylic acids is 2. The molecule has 2 heterocycles. The van der Waals surface area contributed by atoms with Crippen molar-refractivity contribution in [3.05, 3.63) is 53.7 Å². The Morgan fingerprint density at radius 1 is 1.09 bits per heavy atom. The summed E-state index contributed by atoms with van der Waals surface area (Å²) in [6, 6.07) is 11.3. The summed E-state index contributed by atoms with van der Waals surface area (Å²) in [6.45, 7) is 8.01. The van der Waals surface area contributed by atoms with E-state index in [9.17, 15) is 18.0 Å². The van der Waals surface area contributed by atoms with E-state index >= 15 is 0 Å². The molecule has 8 nitrogen and oxygen atoms in total. The highest BCUT2D eigenvalue weighted by atomic mass is 32.2. The summed E-state index contributed by atoms with van der Waals surface area (Å²) in [5.74, 6) is -0.205.